The first-order valence-corrected chi connectivity index (χ1v) is 11.1. The van der Waals surface area contributed by atoms with Crippen LogP contribution in [0.2, 0.25) is 4.34 Å². The van der Waals surface area contributed by atoms with E-state index in [1.807, 2.05) is 30.3 Å². The molecule has 2 aromatic rings. The fraction of sp³-hybridized carbons (Fsp3) is 0.389. The fourth-order valence-corrected chi connectivity index (χ4v) is 6.15. The smallest absolute Gasteiger partial charge is 0.252 e. The highest BCUT2D eigenvalue weighted by molar-refractivity contribution is 7.91. The molecule has 2 heterocycles. The van der Waals surface area contributed by atoms with E-state index in [2.05, 4.69) is 5.32 Å². The number of carbonyl (C=O) groups is 1. The number of thiophene rings is 1. The maximum atomic E-state index is 12.6. The molecular formula is C18H21ClN2O3S2. The van der Waals surface area contributed by atoms with Gasteiger partial charge in [0.1, 0.15) is 4.21 Å². The van der Waals surface area contributed by atoms with Crippen LogP contribution in [-0.2, 0) is 21.4 Å². The van der Waals surface area contributed by atoms with Crippen molar-refractivity contribution in [3.05, 3.63) is 52.4 Å². The lowest BCUT2D eigenvalue weighted by atomic mass is 9.94. The van der Waals surface area contributed by atoms with Crippen LogP contribution in [0.3, 0.4) is 0 Å². The first-order valence-electron chi connectivity index (χ1n) is 8.51. The van der Waals surface area contributed by atoms with Crippen LogP contribution in [-0.4, -0.2) is 31.7 Å². The number of sulfonamides is 1. The summed E-state index contributed by atoms with van der Waals surface area (Å²) in [5.74, 6) is 0.226. The Balaban J connectivity index is 1.47. The van der Waals surface area contributed by atoms with E-state index in [4.69, 9.17) is 11.6 Å². The first kappa shape index (κ1) is 19.4. The average Bonchev–Trinajstić information content (AvgIpc) is 3.09. The maximum Gasteiger partial charge on any atom is 0.252 e. The van der Waals surface area contributed by atoms with E-state index >= 15 is 0 Å². The van der Waals surface area contributed by atoms with Crippen LogP contribution < -0.4 is 5.32 Å². The Morgan fingerprint density at radius 1 is 1.15 bits per heavy atom. The monoisotopic (exact) mass is 412 g/mol. The average molecular weight is 413 g/mol. The zero-order valence-electron chi connectivity index (χ0n) is 14.2. The highest BCUT2D eigenvalue weighted by Crippen LogP contribution is 2.31. The van der Waals surface area contributed by atoms with E-state index in [1.165, 1.54) is 4.31 Å². The molecule has 1 amide bonds. The standard InChI is InChI=1S/C18H21ClN2O3S2/c19-16-6-7-18(25-16)26(23,24)21-10-8-14(9-11-21)12-17(22)20-13-15-4-2-1-3-5-15/h1-7,14H,8-13H2,(H,20,22). The van der Waals surface area contributed by atoms with E-state index in [-0.39, 0.29) is 16.0 Å². The lowest BCUT2D eigenvalue weighted by Gasteiger charge is -2.30. The summed E-state index contributed by atoms with van der Waals surface area (Å²) in [4.78, 5) is 12.1. The summed E-state index contributed by atoms with van der Waals surface area (Å²) in [7, 11) is -3.47. The fourth-order valence-electron chi connectivity index (χ4n) is 3.05. The van der Waals surface area contributed by atoms with Gasteiger partial charge < -0.3 is 5.32 Å². The third kappa shape index (κ3) is 4.85. The first-order chi connectivity index (χ1) is 12.4. The van der Waals surface area contributed by atoms with Gasteiger partial charge in [-0.3, -0.25) is 4.79 Å². The van der Waals surface area contributed by atoms with Crippen molar-refractivity contribution in [1.29, 1.82) is 0 Å². The maximum absolute atomic E-state index is 12.6. The minimum absolute atomic E-state index is 0.0141. The van der Waals surface area contributed by atoms with Crippen molar-refractivity contribution < 1.29 is 13.2 Å². The number of halogens is 1. The van der Waals surface area contributed by atoms with Crippen molar-refractivity contribution in [2.75, 3.05) is 13.1 Å². The van der Waals surface area contributed by atoms with Crippen LogP contribution in [0.15, 0.2) is 46.7 Å². The minimum Gasteiger partial charge on any atom is -0.352 e. The molecule has 8 heteroatoms. The van der Waals surface area contributed by atoms with Crippen LogP contribution >= 0.6 is 22.9 Å². The van der Waals surface area contributed by atoms with Crippen molar-refractivity contribution in [3.8, 4) is 0 Å². The Bertz CT molecular complexity index is 844. The summed E-state index contributed by atoms with van der Waals surface area (Å²) in [6.45, 7) is 1.40. The van der Waals surface area contributed by atoms with Crippen molar-refractivity contribution >= 4 is 38.9 Å². The van der Waals surface area contributed by atoms with Crippen LogP contribution in [0.4, 0.5) is 0 Å². The molecule has 140 valence electrons. The molecule has 1 N–H and O–H groups in total. The van der Waals surface area contributed by atoms with Crippen molar-refractivity contribution in [2.45, 2.75) is 30.0 Å². The van der Waals surface area contributed by atoms with Gasteiger partial charge in [-0.05, 0) is 36.5 Å². The molecule has 1 fully saturated rings. The van der Waals surface area contributed by atoms with E-state index in [0.717, 1.165) is 16.9 Å². The number of nitrogens with one attached hydrogen (secondary N) is 1. The number of benzene rings is 1. The molecule has 1 aliphatic heterocycles. The van der Waals surface area contributed by atoms with Gasteiger partial charge in [0.05, 0.1) is 4.34 Å². The van der Waals surface area contributed by atoms with Gasteiger partial charge in [0.25, 0.3) is 10.0 Å². The van der Waals surface area contributed by atoms with Gasteiger partial charge in [-0.1, -0.05) is 41.9 Å². The molecule has 1 aliphatic rings. The van der Waals surface area contributed by atoms with Gasteiger partial charge in [0, 0.05) is 26.1 Å². The highest BCUT2D eigenvalue weighted by atomic mass is 35.5. The van der Waals surface area contributed by atoms with Gasteiger partial charge >= 0.3 is 0 Å². The summed E-state index contributed by atoms with van der Waals surface area (Å²) in [6, 6.07) is 12.9. The molecule has 1 aromatic heterocycles. The Morgan fingerprint density at radius 3 is 2.46 bits per heavy atom. The second-order valence-electron chi connectivity index (χ2n) is 6.37. The molecule has 0 bridgehead atoms. The van der Waals surface area contributed by atoms with Gasteiger partial charge in [0.15, 0.2) is 0 Å². The molecule has 0 spiro atoms. The second kappa shape index (κ2) is 8.52. The summed E-state index contributed by atoms with van der Waals surface area (Å²) < 4.78 is 27.4. The second-order valence-corrected chi connectivity index (χ2v) is 10.3. The lowest BCUT2D eigenvalue weighted by molar-refractivity contribution is -0.122. The predicted molar refractivity (Wildman–Crippen MR) is 104 cm³/mol. The summed E-state index contributed by atoms with van der Waals surface area (Å²) >= 11 is 6.93. The van der Waals surface area contributed by atoms with Crippen molar-refractivity contribution in [1.82, 2.24) is 9.62 Å². The number of nitrogens with zero attached hydrogens (tertiary/aromatic N) is 1. The van der Waals surface area contributed by atoms with E-state index in [0.29, 0.717) is 43.2 Å². The molecule has 1 saturated heterocycles. The zero-order valence-corrected chi connectivity index (χ0v) is 16.6. The van der Waals surface area contributed by atoms with E-state index < -0.39 is 10.0 Å². The number of hydrogen-bond donors (Lipinski definition) is 1. The Hall–Kier alpha value is -1.41. The molecule has 0 unspecified atom stereocenters. The van der Waals surface area contributed by atoms with Crippen LogP contribution in [0.5, 0.6) is 0 Å². The molecule has 0 radical (unpaired) electrons. The number of piperidine rings is 1. The van der Waals surface area contributed by atoms with Gasteiger partial charge in [0.2, 0.25) is 5.91 Å². The molecule has 1 aromatic carbocycles. The van der Waals surface area contributed by atoms with Crippen LogP contribution in [0.25, 0.3) is 0 Å². The van der Waals surface area contributed by atoms with Gasteiger partial charge in [-0.15, -0.1) is 11.3 Å². The molecule has 5 nitrogen and oxygen atoms in total. The molecule has 26 heavy (non-hydrogen) atoms. The summed E-state index contributed by atoms with van der Waals surface area (Å²) in [5, 5.41) is 2.93. The number of carbonyl (C=O) groups excluding carboxylic acids is 1. The highest BCUT2D eigenvalue weighted by Gasteiger charge is 2.31. The third-order valence-electron chi connectivity index (χ3n) is 4.52. The normalized spacial score (nSPS) is 16.5. The quantitative estimate of drug-likeness (QED) is 0.789. The van der Waals surface area contributed by atoms with Crippen LogP contribution in [0, 0.1) is 5.92 Å². The Morgan fingerprint density at radius 2 is 1.85 bits per heavy atom. The Kier molecular flexibility index (Phi) is 6.34. The molecule has 0 aliphatic carbocycles. The number of amides is 1. The molecule has 0 saturated carbocycles. The Labute approximate surface area is 163 Å². The lowest BCUT2D eigenvalue weighted by Crippen LogP contribution is -2.39. The zero-order chi connectivity index (χ0) is 18.6. The van der Waals surface area contributed by atoms with Crippen LogP contribution in [0.1, 0.15) is 24.8 Å². The summed E-state index contributed by atoms with van der Waals surface area (Å²) in [5.41, 5.74) is 1.07. The van der Waals surface area contributed by atoms with E-state index in [1.54, 1.807) is 12.1 Å². The minimum atomic E-state index is -3.47. The van der Waals surface area contributed by atoms with Gasteiger partial charge in [-0.2, -0.15) is 4.31 Å². The van der Waals surface area contributed by atoms with E-state index in [9.17, 15) is 13.2 Å². The molecule has 0 atom stereocenters. The third-order valence-corrected chi connectivity index (χ3v) is 8.12. The summed E-state index contributed by atoms with van der Waals surface area (Å²) in [6.07, 6.45) is 1.82. The van der Waals surface area contributed by atoms with Crippen molar-refractivity contribution in [3.63, 3.8) is 0 Å². The number of rotatable bonds is 6. The predicted octanol–water partition coefficient (Wildman–Crippen LogP) is 3.51. The molecular weight excluding hydrogens is 392 g/mol. The van der Waals surface area contributed by atoms with Crippen molar-refractivity contribution in [2.24, 2.45) is 5.92 Å². The topological polar surface area (TPSA) is 66.5 Å². The number of hydrogen-bond acceptors (Lipinski definition) is 4. The van der Waals surface area contributed by atoms with Gasteiger partial charge in [-0.25, -0.2) is 8.42 Å². The SMILES string of the molecule is O=C(CC1CCN(S(=O)(=O)c2ccc(Cl)s2)CC1)NCc1ccccc1. The molecule has 3 rings (SSSR count). The largest absolute Gasteiger partial charge is 0.352 e.